The molecule has 398 valence electrons. The third-order valence-corrected chi connectivity index (χ3v) is 13.1. The number of nitrogens with one attached hydrogen (secondary N) is 4. The summed E-state index contributed by atoms with van der Waals surface area (Å²) in [4.78, 5) is 99.9. The molecule has 1 fully saturated rings. The van der Waals surface area contributed by atoms with E-state index in [1.807, 2.05) is 90.9 Å². The van der Waals surface area contributed by atoms with Gasteiger partial charge in [0.15, 0.2) is 5.78 Å². The number of ketones is 1. The van der Waals surface area contributed by atoms with Crippen LogP contribution >= 0.6 is 0 Å². The molecular weight excluding hydrogens is 899 g/mol. The molecule has 0 aliphatic carbocycles. The van der Waals surface area contributed by atoms with E-state index < -0.39 is 77.9 Å². The van der Waals surface area contributed by atoms with Crippen molar-refractivity contribution in [3.05, 3.63) is 35.9 Å². The van der Waals surface area contributed by atoms with Crippen LogP contribution in [0.3, 0.4) is 0 Å². The Bertz CT molecular complexity index is 1820. The van der Waals surface area contributed by atoms with Gasteiger partial charge in [0.2, 0.25) is 23.6 Å². The maximum absolute atomic E-state index is 14.4. The largest absolute Gasteiger partial charge is 0.464 e. The number of alkyl carbamates (subject to hydrolysis) is 1. The molecule has 0 bridgehead atoms. The van der Waals surface area contributed by atoms with Gasteiger partial charge in [0.1, 0.15) is 17.7 Å². The van der Waals surface area contributed by atoms with E-state index in [-0.39, 0.29) is 67.3 Å². The number of rotatable bonds is 29. The minimum atomic E-state index is -0.914. The molecule has 1 aromatic carbocycles. The highest BCUT2D eigenvalue weighted by atomic mass is 16.6. The molecule has 1 aromatic rings. The van der Waals surface area contributed by atoms with Gasteiger partial charge < -0.3 is 50.0 Å². The number of carbonyl (C=O) groups is 7. The Morgan fingerprint density at radius 3 is 2.03 bits per heavy atom. The average Bonchev–Trinajstić information content (AvgIpc) is 3.77. The Labute approximate surface area is 418 Å². The van der Waals surface area contributed by atoms with E-state index in [2.05, 4.69) is 21.3 Å². The highest BCUT2D eigenvalue weighted by molar-refractivity contribution is 5.92. The van der Waals surface area contributed by atoms with Gasteiger partial charge in [0, 0.05) is 27.8 Å². The Kier molecular flexibility index (Phi) is 26.0. The van der Waals surface area contributed by atoms with E-state index in [0.717, 1.165) is 5.56 Å². The lowest BCUT2D eigenvalue weighted by molar-refractivity contribution is -0.148. The van der Waals surface area contributed by atoms with Gasteiger partial charge in [0.25, 0.3) is 0 Å². The lowest BCUT2D eigenvalue weighted by atomic mass is 9.89. The van der Waals surface area contributed by atoms with E-state index in [9.17, 15) is 33.6 Å². The molecule has 1 heterocycles. The molecule has 1 aliphatic rings. The van der Waals surface area contributed by atoms with E-state index in [0.29, 0.717) is 38.8 Å². The van der Waals surface area contributed by atoms with Gasteiger partial charge in [-0.05, 0) is 97.3 Å². The molecule has 0 saturated carbocycles. The SMILES string of the molecule is CC[C@H](C)[C@@H]([C@@H](CC(=O)N1CCC[C@H]1[C@H](OC)[C@@H](C)C(=O)N[C@@H](Cc1ccccc1)C(=O)CNCCCOC(=O)[C@H](C)NC(=O)OC(C)(C)C)OC)N(C)C(=O)[C@@H](NC(=O)[C@H](C(C)C)N(C)C)C(C)C. The predicted molar refractivity (Wildman–Crippen MR) is 270 cm³/mol. The van der Waals surface area contributed by atoms with Crippen LogP contribution in [0.4, 0.5) is 4.79 Å². The van der Waals surface area contributed by atoms with Crippen LogP contribution in [-0.2, 0) is 54.1 Å². The first-order chi connectivity index (χ1) is 32.8. The minimum absolute atomic E-state index is 0.0180. The lowest BCUT2D eigenvalue weighted by Gasteiger charge is -2.41. The van der Waals surface area contributed by atoms with E-state index in [4.69, 9.17) is 18.9 Å². The zero-order valence-electron chi connectivity index (χ0n) is 45.2. The molecule has 1 saturated heterocycles. The number of likely N-dealkylation sites (tertiary alicyclic amines) is 1. The quantitative estimate of drug-likeness (QED) is 0.0650. The molecule has 0 unspecified atom stereocenters. The van der Waals surface area contributed by atoms with Crippen molar-refractivity contribution in [1.82, 2.24) is 36.0 Å². The number of ether oxygens (including phenoxy) is 4. The first kappa shape index (κ1) is 61.5. The topological polar surface area (TPSA) is 214 Å². The summed E-state index contributed by atoms with van der Waals surface area (Å²) in [6, 6.07) is 5.41. The third kappa shape index (κ3) is 19.2. The number of carbonyl (C=O) groups excluding carboxylic acids is 7. The maximum Gasteiger partial charge on any atom is 0.408 e. The maximum atomic E-state index is 14.4. The fourth-order valence-electron chi connectivity index (χ4n) is 9.18. The smallest absolute Gasteiger partial charge is 0.408 e. The molecule has 70 heavy (non-hydrogen) atoms. The third-order valence-electron chi connectivity index (χ3n) is 13.1. The number of Topliss-reactive ketones (excluding diaryl/α,β-unsaturated/α-hetero) is 1. The van der Waals surface area contributed by atoms with Crippen LogP contribution in [0, 0.1) is 23.7 Å². The Balaban J connectivity index is 2.18. The van der Waals surface area contributed by atoms with Gasteiger partial charge in [-0.15, -0.1) is 0 Å². The Morgan fingerprint density at radius 1 is 0.843 bits per heavy atom. The van der Waals surface area contributed by atoms with Gasteiger partial charge in [-0.3, -0.25) is 28.9 Å². The zero-order chi connectivity index (χ0) is 53.0. The summed E-state index contributed by atoms with van der Waals surface area (Å²) in [5.41, 5.74) is 0.142. The molecule has 5 amide bonds. The number of hydrogen-bond donors (Lipinski definition) is 4. The summed E-state index contributed by atoms with van der Waals surface area (Å²) < 4.78 is 22.6. The first-order valence-electron chi connectivity index (χ1n) is 25.1. The predicted octanol–water partition coefficient (Wildman–Crippen LogP) is 4.37. The summed E-state index contributed by atoms with van der Waals surface area (Å²) in [5, 5.41) is 11.6. The van der Waals surface area contributed by atoms with Crippen molar-refractivity contribution in [3.63, 3.8) is 0 Å². The van der Waals surface area contributed by atoms with Crippen molar-refractivity contribution in [3.8, 4) is 0 Å². The van der Waals surface area contributed by atoms with Crippen molar-refractivity contribution in [2.45, 2.75) is 169 Å². The van der Waals surface area contributed by atoms with Gasteiger partial charge in [-0.1, -0.05) is 85.2 Å². The highest BCUT2D eigenvalue weighted by Gasteiger charge is 2.43. The molecule has 18 heteroatoms. The van der Waals surface area contributed by atoms with Crippen LogP contribution in [0.25, 0.3) is 0 Å². The normalized spacial score (nSPS) is 17.9. The number of hydrogen-bond acceptors (Lipinski definition) is 13. The molecule has 4 N–H and O–H groups in total. The summed E-state index contributed by atoms with van der Waals surface area (Å²) in [6.07, 6.45) is 0.488. The number of likely N-dealkylation sites (N-methyl/N-ethyl adjacent to an activating group) is 2. The minimum Gasteiger partial charge on any atom is -0.464 e. The number of nitrogens with zero attached hydrogens (tertiary/aromatic N) is 3. The van der Waals surface area contributed by atoms with Crippen LogP contribution in [0.2, 0.25) is 0 Å². The first-order valence-corrected chi connectivity index (χ1v) is 25.1. The molecule has 0 aromatic heterocycles. The molecule has 10 atom stereocenters. The van der Waals surface area contributed by atoms with Crippen LogP contribution in [-0.4, -0.2) is 172 Å². The monoisotopic (exact) mass is 988 g/mol. The van der Waals surface area contributed by atoms with Gasteiger partial charge in [0.05, 0.1) is 61.9 Å². The van der Waals surface area contributed by atoms with E-state index >= 15 is 0 Å². The summed E-state index contributed by atoms with van der Waals surface area (Å²) in [6.45, 7) is 21.0. The number of amides is 5. The lowest BCUT2D eigenvalue weighted by Crippen LogP contribution is -2.59. The van der Waals surface area contributed by atoms with E-state index in [1.54, 1.807) is 51.7 Å². The second kappa shape index (κ2) is 29.6. The summed E-state index contributed by atoms with van der Waals surface area (Å²) in [7, 11) is 8.46. The van der Waals surface area contributed by atoms with E-state index in [1.165, 1.54) is 14.0 Å². The van der Waals surface area contributed by atoms with Crippen molar-refractivity contribution in [2.75, 3.05) is 61.6 Å². The highest BCUT2D eigenvalue weighted by Crippen LogP contribution is 2.30. The molecule has 0 spiro atoms. The van der Waals surface area contributed by atoms with Crippen LogP contribution in [0.1, 0.15) is 114 Å². The zero-order valence-corrected chi connectivity index (χ0v) is 45.2. The van der Waals surface area contributed by atoms with Gasteiger partial charge in [-0.25, -0.2) is 9.59 Å². The van der Waals surface area contributed by atoms with Crippen LogP contribution < -0.4 is 21.3 Å². The molecule has 0 radical (unpaired) electrons. The fraction of sp³-hybridized carbons (Fsp3) is 0.750. The number of esters is 1. The van der Waals surface area contributed by atoms with Crippen molar-refractivity contribution < 1.29 is 52.5 Å². The Hall–Kier alpha value is -4.65. The molecule has 1 aliphatic heterocycles. The van der Waals surface area contributed by atoms with Crippen LogP contribution in [0.5, 0.6) is 0 Å². The van der Waals surface area contributed by atoms with Crippen molar-refractivity contribution in [2.24, 2.45) is 23.7 Å². The number of benzene rings is 1. The summed E-state index contributed by atoms with van der Waals surface area (Å²) >= 11 is 0. The average molecular weight is 988 g/mol. The molecular formula is C52H89N7O11. The standard InChI is InChI=1S/C52H89N7O11/c1-17-34(6)45(58(14)49(64)43(32(2)3)56-48(63)44(33(4)5)57(12)13)41(67-15)30-42(61)59-27-21-25-39(59)46(68-16)35(7)47(62)55-38(29-37-23-19-18-20-24-37)40(60)31-53-26-22-28-69-50(65)36(8)54-51(66)70-52(9,10)11/h18-20,23-24,32-36,38-39,41,43-46,53H,17,21-22,25-31H2,1-16H3,(H,54,66)(H,55,62)(H,56,63)/t34-,35+,36-,38-,39-,41+,43-,44-,45-,46+/m0/s1. The summed E-state index contributed by atoms with van der Waals surface area (Å²) in [5.74, 6) is -2.96. The van der Waals surface area contributed by atoms with Crippen molar-refractivity contribution in [1.29, 1.82) is 0 Å². The second-order valence-corrected chi connectivity index (χ2v) is 20.8. The second-order valence-electron chi connectivity index (χ2n) is 20.8. The molecule has 18 nitrogen and oxygen atoms in total. The van der Waals surface area contributed by atoms with Crippen LogP contribution in [0.15, 0.2) is 30.3 Å². The number of methoxy groups -OCH3 is 2. The Morgan fingerprint density at radius 2 is 1.49 bits per heavy atom. The van der Waals surface area contributed by atoms with Crippen molar-refractivity contribution >= 4 is 41.5 Å². The fourth-order valence-corrected chi connectivity index (χ4v) is 9.18. The van der Waals surface area contributed by atoms with Gasteiger partial charge >= 0.3 is 12.1 Å². The van der Waals surface area contributed by atoms with Gasteiger partial charge in [-0.2, -0.15) is 0 Å². The molecule has 2 rings (SSSR count).